The number of phenolic OH excluding ortho intramolecular Hbond substituents is 1. The number of benzene rings is 1. The fourth-order valence-corrected chi connectivity index (χ4v) is 4.46. The number of alkyl halides is 1. The second kappa shape index (κ2) is 6.67. The average molecular weight is 384 g/mol. The van der Waals surface area contributed by atoms with Gasteiger partial charge in [0.25, 0.3) is 0 Å². The fourth-order valence-electron chi connectivity index (χ4n) is 4.46. The van der Waals surface area contributed by atoms with Crippen LogP contribution in [0.4, 0.5) is 10.2 Å². The predicted molar refractivity (Wildman–Crippen MR) is 104 cm³/mol. The van der Waals surface area contributed by atoms with E-state index in [0.717, 1.165) is 42.8 Å². The number of hydrogen-bond donors (Lipinski definition) is 2. The van der Waals surface area contributed by atoms with Gasteiger partial charge < -0.3 is 20.1 Å². The first-order valence-electron chi connectivity index (χ1n) is 9.93. The molecule has 1 aliphatic carbocycles. The van der Waals surface area contributed by atoms with Crippen molar-refractivity contribution in [1.82, 2.24) is 15.1 Å². The first-order chi connectivity index (χ1) is 13.5. The number of rotatable bonds is 3. The zero-order valence-electron chi connectivity index (χ0n) is 16.0. The van der Waals surface area contributed by atoms with Crippen LogP contribution >= 0.6 is 0 Å². The predicted octanol–water partition coefficient (Wildman–Crippen LogP) is 2.91. The number of hydrogen-bond acceptors (Lipinski definition) is 6. The van der Waals surface area contributed by atoms with E-state index in [1.54, 1.807) is 12.1 Å². The second-order valence-electron chi connectivity index (χ2n) is 8.42. The van der Waals surface area contributed by atoms with E-state index in [-0.39, 0.29) is 17.4 Å². The van der Waals surface area contributed by atoms with Crippen molar-refractivity contribution in [3.8, 4) is 17.0 Å². The minimum Gasteiger partial charge on any atom is -0.507 e. The van der Waals surface area contributed by atoms with E-state index < -0.39 is 6.17 Å². The molecule has 3 heterocycles. The Morgan fingerprint density at radius 2 is 2.04 bits per heavy atom. The molecule has 2 N–H and O–H groups in total. The lowest BCUT2D eigenvalue weighted by Crippen LogP contribution is -2.45. The number of nitrogens with one attached hydrogen (secondary N) is 1. The summed E-state index contributed by atoms with van der Waals surface area (Å²) >= 11 is 0. The smallest absolute Gasteiger partial charge is 0.152 e. The number of halogens is 1. The molecule has 2 fully saturated rings. The summed E-state index contributed by atoms with van der Waals surface area (Å²) in [5.74, 6) is 0.914. The number of aromatic nitrogens is 2. The minimum absolute atomic E-state index is 0.00104. The Labute approximate surface area is 163 Å². The molecule has 3 aliphatic rings. The van der Waals surface area contributed by atoms with Crippen LogP contribution in [-0.4, -0.2) is 58.2 Å². The van der Waals surface area contributed by atoms with Gasteiger partial charge in [-0.15, -0.1) is 10.2 Å². The van der Waals surface area contributed by atoms with Crippen LogP contribution < -0.4 is 5.32 Å². The van der Waals surface area contributed by atoms with Gasteiger partial charge in [0.2, 0.25) is 0 Å². The Balaban J connectivity index is 1.53. The number of para-hydroxylation sites is 1. The Hall–Kier alpha value is -2.25. The van der Waals surface area contributed by atoms with E-state index in [9.17, 15) is 9.50 Å². The zero-order valence-corrected chi connectivity index (χ0v) is 16.0. The van der Waals surface area contributed by atoms with E-state index in [1.807, 2.05) is 24.1 Å². The zero-order chi connectivity index (χ0) is 19.3. The fraction of sp³-hybridized carbons (Fsp3) is 0.524. The molecular weight excluding hydrogens is 359 g/mol. The molecule has 1 spiro atoms. The van der Waals surface area contributed by atoms with Crippen LogP contribution in [-0.2, 0) is 17.8 Å². The number of piperidine rings is 1. The van der Waals surface area contributed by atoms with Gasteiger partial charge >= 0.3 is 0 Å². The van der Waals surface area contributed by atoms with Gasteiger partial charge in [0, 0.05) is 48.7 Å². The minimum atomic E-state index is -0.835. The van der Waals surface area contributed by atoms with Crippen LogP contribution in [0.1, 0.15) is 30.4 Å². The van der Waals surface area contributed by atoms with Gasteiger partial charge in [0.1, 0.15) is 17.6 Å². The number of likely N-dealkylation sites (tertiary alicyclic amines) is 1. The van der Waals surface area contributed by atoms with Crippen molar-refractivity contribution in [2.45, 2.75) is 50.1 Å². The molecule has 7 heteroatoms. The van der Waals surface area contributed by atoms with Crippen LogP contribution in [0.3, 0.4) is 0 Å². The molecule has 2 aliphatic heterocycles. The van der Waals surface area contributed by atoms with E-state index in [0.29, 0.717) is 30.8 Å². The Kier molecular flexibility index (Phi) is 4.25. The second-order valence-corrected chi connectivity index (χ2v) is 8.42. The molecule has 6 nitrogen and oxygen atoms in total. The third kappa shape index (κ3) is 3.22. The lowest BCUT2D eigenvalue weighted by Gasteiger charge is -2.34. The van der Waals surface area contributed by atoms with Gasteiger partial charge in [-0.25, -0.2) is 4.39 Å². The largest absolute Gasteiger partial charge is 0.507 e. The van der Waals surface area contributed by atoms with Crippen molar-refractivity contribution in [1.29, 1.82) is 0 Å². The third-order valence-corrected chi connectivity index (χ3v) is 6.10. The highest BCUT2D eigenvalue weighted by Gasteiger charge is 2.48. The summed E-state index contributed by atoms with van der Waals surface area (Å²) < 4.78 is 20.2. The maximum absolute atomic E-state index is 14.0. The number of fused-ring (bicyclic) bond motifs is 1. The SMILES string of the molecule is CN1C[C@H](F)C[C@@H](Nc2nnc(-c3ccccc3O)c3c2CC2(CC2)OC3)C1. The maximum atomic E-state index is 14.0. The molecule has 0 unspecified atom stereocenters. The highest BCUT2D eigenvalue weighted by Crippen LogP contribution is 2.49. The molecule has 148 valence electrons. The summed E-state index contributed by atoms with van der Waals surface area (Å²) in [4.78, 5) is 2.01. The molecule has 28 heavy (non-hydrogen) atoms. The molecule has 0 radical (unpaired) electrons. The van der Waals surface area contributed by atoms with Gasteiger partial charge in [-0.3, -0.25) is 0 Å². The maximum Gasteiger partial charge on any atom is 0.152 e. The van der Waals surface area contributed by atoms with Crippen molar-refractivity contribution in [2.75, 3.05) is 25.5 Å². The Morgan fingerprint density at radius 3 is 2.79 bits per heavy atom. The lowest BCUT2D eigenvalue weighted by atomic mass is 9.94. The van der Waals surface area contributed by atoms with Gasteiger partial charge in [-0.1, -0.05) is 12.1 Å². The number of aromatic hydroxyl groups is 1. The molecular formula is C21H25FN4O2. The van der Waals surface area contributed by atoms with Crippen LogP contribution in [0.2, 0.25) is 0 Å². The van der Waals surface area contributed by atoms with E-state index in [4.69, 9.17) is 4.74 Å². The molecule has 0 bridgehead atoms. The van der Waals surface area contributed by atoms with Gasteiger partial charge in [0.05, 0.1) is 12.2 Å². The van der Waals surface area contributed by atoms with E-state index >= 15 is 0 Å². The number of ether oxygens (including phenoxy) is 1. The number of anilines is 1. The molecule has 2 aromatic rings. The van der Waals surface area contributed by atoms with Gasteiger partial charge in [-0.2, -0.15) is 0 Å². The number of nitrogens with zero attached hydrogens (tertiary/aromatic N) is 3. The normalized spacial score (nSPS) is 26.1. The Bertz CT molecular complexity index is 892. The van der Waals surface area contributed by atoms with Crippen LogP contribution in [0.15, 0.2) is 24.3 Å². The summed E-state index contributed by atoms with van der Waals surface area (Å²) in [7, 11) is 1.94. The molecule has 1 aromatic carbocycles. The molecule has 5 rings (SSSR count). The quantitative estimate of drug-likeness (QED) is 0.848. The first kappa shape index (κ1) is 17.8. The summed E-state index contributed by atoms with van der Waals surface area (Å²) in [5, 5.41) is 22.7. The van der Waals surface area contributed by atoms with Crippen molar-refractivity contribution in [3.05, 3.63) is 35.4 Å². The van der Waals surface area contributed by atoms with Gasteiger partial charge in [0.15, 0.2) is 5.82 Å². The molecule has 1 saturated heterocycles. The van der Waals surface area contributed by atoms with Crippen molar-refractivity contribution in [3.63, 3.8) is 0 Å². The monoisotopic (exact) mass is 384 g/mol. The highest BCUT2D eigenvalue weighted by atomic mass is 19.1. The number of phenols is 1. The van der Waals surface area contributed by atoms with Crippen molar-refractivity contribution in [2.24, 2.45) is 0 Å². The molecule has 1 saturated carbocycles. The number of likely N-dealkylation sites (N-methyl/N-ethyl adjacent to an activating group) is 1. The molecule has 2 atom stereocenters. The van der Waals surface area contributed by atoms with E-state index in [2.05, 4.69) is 15.5 Å². The summed E-state index contributed by atoms with van der Waals surface area (Å²) in [6.45, 7) is 1.71. The molecule has 0 amide bonds. The average Bonchev–Trinajstić information content (AvgIpc) is 3.41. The standard InChI is InChI=1S/C21H25FN4O2/c1-26-10-13(22)8-14(11-26)23-20-16-9-21(6-7-21)28-12-17(16)19(24-25-20)15-4-2-3-5-18(15)27/h2-5,13-14,27H,6-12H2,1H3,(H,23,25)/t13-,14-/m1/s1. The van der Waals surface area contributed by atoms with Gasteiger partial charge in [-0.05, 0) is 32.0 Å². The lowest BCUT2D eigenvalue weighted by molar-refractivity contribution is 0.00827. The summed E-state index contributed by atoms with van der Waals surface area (Å²) in [6, 6.07) is 7.16. The third-order valence-electron chi connectivity index (χ3n) is 6.10. The van der Waals surface area contributed by atoms with Crippen LogP contribution in [0, 0.1) is 0 Å². The van der Waals surface area contributed by atoms with Crippen molar-refractivity contribution < 1.29 is 14.2 Å². The van der Waals surface area contributed by atoms with E-state index in [1.165, 1.54) is 0 Å². The summed E-state index contributed by atoms with van der Waals surface area (Å²) in [5.41, 5.74) is 3.32. The molecule has 1 aromatic heterocycles. The first-order valence-corrected chi connectivity index (χ1v) is 9.93. The topological polar surface area (TPSA) is 70.5 Å². The summed E-state index contributed by atoms with van der Waals surface area (Å²) in [6.07, 6.45) is 2.53. The van der Waals surface area contributed by atoms with Crippen LogP contribution in [0.5, 0.6) is 5.75 Å². The van der Waals surface area contributed by atoms with Crippen LogP contribution in [0.25, 0.3) is 11.3 Å². The Morgan fingerprint density at radius 1 is 1.21 bits per heavy atom. The highest BCUT2D eigenvalue weighted by molar-refractivity contribution is 5.72. The van der Waals surface area contributed by atoms with Crippen molar-refractivity contribution >= 4 is 5.82 Å².